The van der Waals surface area contributed by atoms with Gasteiger partial charge in [0.15, 0.2) is 58.5 Å². The van der Waals surface area contributed by atoms with Gasteiger partial charge in [-0.15, -0.1) is 0 Å². The summed E-state index contributed by atoms with van der Waals surface area (Å²) in [6.45, 7) is 27.8. The number of aryl methyl sites for hydroxylation is 6. The van der Waals surface area contributed by atoms with E-state index in [-0.39, 0.29) is 73.1 Å². The molecule has 32 nitrogen and oxygen atoms in total. The lowest BCUT2D eigenvalue weighted by molar-refractivity contribution is 0.0710. The van der Waals surface area contributed by atoms with Crippen LogP contribution in [0.5, 0.6) is 23.7 Å². The van der Waals surface area contributed by atoms with E-state index in [4.69, 9.17) is 18.9 Å². The maximum absolute atomic E-state index is 13.0. The third kappa shape index (κ3) is 24.9. The molecule has 0 bridgehead atoms. The number of sulfonamides is 1. The van der Waals surface area contributed by atoms with Crippen LogP contribution in [0.1, 0.15) is 174 Å². The summed E-state index contributed by atoms with van der Waals surface area (Å²) in [5, 5.41) is 9.70. The fourth-order valence-electron chi connectivity index (χ4n) is 17.4. The van der Waals surface area contributed by atoms with Crippen molar-refractivity contribution in [3.63, 3.8) is 0 Å². The number of aliphatic hydroxyl groups is 1. The van der Waals surface area contributed by atoms with Crippen molar-refractivity contribution in [3.05, 3.63) is 230 Å². The average molecular weight is 1880 g/mol. The first-order valence-corrected chi connectivity index (χ1v) is 50.7. The van der Waals surface area contributed by atoms with Crippen LogP contribution in [0.2, 0.25) is 0 Å². The Balaban J connectivity index is 0.000000160. The van der Waals surface area contributed by atoms with Gasteiger partial charge < -0.3 is 42.3 Å². The first-order valence-electron chi connectivity index (χ1n) is 44.0. The number of hydrogen-bond donors (Lipinski definition) is 2. The molecule has 2 N–H and O–H groups in total. The highest BCUT2D eigenvalue weighted by atomic mass is 32.2. The second-order valence-electron chi connectivity index (χ2n) is 33.9. The third-order valence-electron chi connectivity index (χ3n) is 24.0. The Labute approximate surface area is 773 Å². The van der Waals surface area contributed by atoms with Gasteiger partial charge in [-0.1, -0.05) is 12.8 Å². The summed E-state index contributed by atoms with van der Waals surface area (Å²) in [7, 11) is -8.64. The molecule has 132 heavy (non-hydrogen) atoms. The number of nitrogens with one attached hydrogen (secondary N) is 1. The van der Waals surface area contributed by atoms with Crippen LogP contribution in [0.4, 0.5) is 5.82 Å². The van der Waals surface area contributed by atoms with E-state index in [1.54, 1.807) is 98.8 Å². The molecule has 0 aliphatic carbocycles. The predicted octanol–water partition coefficient (Wildman–Crippen LogP) is 12.8. The zero-order valence-corrected chi connectivity index (χ0v) is 81.0. The Bertz CT molecular complexity index is 6440. The first-order chi connectivity index (χ1) is 62.7. The lowest BCUT2D eigenvalue weighted by Crippen LogP contribution is -2.39. The molecule has 0 atom stereocenters. The van der Waals surface area contributed by atoms with Gasteiger partial charge in [-0.2, -0.15) is 19.9 Å². The molecule has 0 amide bonds. The molecule has 4 fully saturated rings. The standard InChI is InChI=1S/C26H32N4O5S.C25H31N5O5S.C25H30N4O4S.C20H26N2O3S/c1-17-13-24(25(32)15-29-11-9-22(31)10-12-29)18(2)30(17)21-5-7-23(8-6-21)36(33,34)16-20-14-26(35-4)28-19(3)27-20;1-17-14-21(22(31)16-29-12-6-5-7-13-29)18(2)30(17)19-8-10-20(11-9-19)36(32,33)28-23-15-24(34-3)27-25(26-23)35-4;1-17-13-23(24(30)15-28-11-5-6-12-28)18(2)29(17)21-7-9-22(10-8-21)34(31,32)16-20-14-25(33-4)27-19(3)26-20;1-15-13-19(20(23)14-21-11-5-4-6-12-21)16(2)22(15)17-7-9-18(10-8-17)26(3,24)25/h5-8,13-14,22,31H,9-12,15-16H2,1-4H3;8-11,14-15H,5-7,12-13,16H2,1-4H3,(H,26,27,28);7-10,13-14H,5-6,11-12,15-16H2,1-4H3;7-10,13H,4-6,11-12,14H2,1-3H3. The second kappa shape index (κ2) is 43.5. The molecule has 0 spiro atoms. The summed E-state index contributed by atoms with van der Waals surface area (Å²) >= 11 is 0. The molecular formula is C96H119N15O17S4. The molecule has 36 heteroatoms. The summed E-state index contributed by atoms with van der Waals surface area (Å²) < 4.78 is 132. The van der Waals surface area contributed by atoms with Crippen molar-refractivity contribution in [3.8, 4) is 46.4 Å². The van der Waals surface area contributed by atoms with Gasteiger partial charge in [-0.3, -0.25) is 43.5 Å². The third-order valence-corrected chi connectivity index (χ3v) is 29.9. The van der Waals surface area contributed by atoms with Crippen LogP contribution in [0.15, 0.2) is 159 Å². The number of sulfone groups is 3. The lowest BCUT2D eigenvalue weighted by atomic mass is 10.1. The van der Waals surface area contributed by atoms with Crippen LogP contribution in [0.25, 0.3) is 22.7 Å². The molecular weight excluding hydrogens is 1760 g/mol. The molecule has 11 aromatic rings. The number of hydrogen-bond acceptors (Lipinski definition) is 27. The Kier molecular flexibility index (Phi) is 32.8. The summed E-state index contributed by atoms with van der Waals surface area (Å²) in [6.07, 6.45) is 11.7. The summed E-state index contributed by atoms with van der Waals surface area (Å²) in [6, 6.07) is 38.7. The number of methoxy groups -OCH3 is 4. The van der Waals surface area contributed by atoms with Crippen molar-refractivity contribution in [2.75, 3.05) is 118 Å². The minimum Gasteiger partial charge on any atom is -0.481 e. The van der Waals surface area contributed by atoms with Gasteiger partial charge in [0, 0.05) is 128 Å². The number of likely N-dealkylation sites (tertiary alicyclic amines) is 4. The zero-order chi connectivity index (χ0) is 95.3. The highest BCUT2D eigenvalue weighted by Crippen LogP contribution is 2.32. The van der Waals surface area contributed by atoms with E-state index >= 15 is 0 Å². The van der Waals surface area contributed by atoms with E-state index in [0.29, 0.717) is 108 Å². The molecule has 4 aliphatic heterocycles. The van der Waals surface area contributed by atoms with Gasteiger partial charge in [0.2, 0.25) is 17.6 Å². The molecule has 4 aromatic carbocycles. The number of rotatable bonds is 30. The molecule has 704 valence electrons. The maximum Gasteiger partial charge on any atom is 0.321 e. The summed E-state index contributed by atoms with van der Waals surface area (Å²) in [5.74, 6) is 1.65. The number of carbonyl (C=O) groups is 4. The monoisotopic (exact) mass is 1880 g/mol. The van der Waals surface area contributed by atoms with E-state index in [9.17, 15) is 58.0 Å². The minimum absolute atomic E-state index is 0.0217. The molecule has 0 saturated carbocycles. The summed E-state index contributed by atoms with van der Waals surface area (Å²) in [5.41, 5.74) is 13.9. The molecule has 4 saturated heterocycles. The van der Waals surface area contributed by atoms with Crippen LogP contribution < -0.4 is 23.7 Å². The van der Waals surface area contributed by atoms with E-state index in [1.807, 2.05) is 97.9 Å². The number of piperidine rings is 3. The van der Waals surface area contributed by atoms with Crippen LogP contribution in [0.3, 0.4) is 0 Å². The van der Waals surface area contributed by atoms with Crippen LogP contribution >= 0.6 is 0 Å². The molecule has 15 rings (SSSR count). The second-order valence-corrected chi connectivity index (χ2v) is 41.6. The largest absolute Gasteiger partial charge is 0.481 e. The smallest absolute Gasteiger partial charge is 0.321 e. The number of aliphatic hydroxyl groups excluding tert-OH is 1. The van der Waals surface area contributed by atoms with Crippen molar-refractivity contribution in [2.24, 2.45) is 0 Å². The lowest BCUT2D eigenvalue weighted by Gasteiger charge is -2.28. The van der Waals surface area contributed by atoms with Crippen molar-refractivity contribution in [1.29, 1.82) is 0 Å². The highest BCUT2D eigenvalue weighted by molar-refractivity contribution is 7.92. The van der Waals surface area contributed by atoms with Crippen molar-refractivity contribution < 1.29 is 76.9 Å². The number of anilines is 1. The number of nitrogens with zero attached hydrogens (tertiary/aromatic N) is 14. The topological polar surface area (TPSA) is 384 Å². The Morgan fingerprint density at radius 3 is 0.947 bits per heavy atom. The fraction of sp³-hybridized carbons (Fsp3) is 0.417. The Morgan fingerprint density at radius 1 is 0.356 bits per heavy atom. The van der Waals surface area contributed by atoms with Crippen LogP contribution in [0, 0.1) is 69.2 Å². The van der Waals surface area contributed by atoms with Gasteiger partial charge in [0.1, 0.15) is 11.6 Å². The molecule has 0 unspecified atom stereocenters. The highest BCUT2D eigenvalue weighted by Gasteiger charge is 2.30. The average Bonchev–Trinajstić information content (AvgIpc) is 1.57. The number of ether oxygens (including phenoxy) is 4. The van der Waals surface area contributed by atoms with Gasteiger partial charge in [0.25, 0.3) is 10.0 Å². The van der Waals surface area contributed by atoms with Crippen LogP contribution in [-0.2, 0) is 51.0 Å². The van der Waals surface area contributed by atoms with Crippen molar-refractivity contribution in [2.45, 2.75) is 171 Å². The number of carbonyl (C=O) groups excluding carboxylic acids is 4. The number of aromatic nitrogens is 10. The number of ketones is 4. The van der Waals surface area contributed by atoms with Gasteiger partial charge >= 0.3 is 6.01 Å². The van der Waals surface area contributed by atoms with Gasteiger partial charge in [-0.05, 0) is 281 Å². The van der Waals surface area contributed by atoms with E-state index in [0.717, 1.165) is 139 Å². The maximum atomic E-state index is 13.0. The SMILES string of the molecule is COc1cc(CS(=O)(=O)c2ccc(-n3c(C)cc(C(=O)CN4CCC(O)CC4)c3C)cc2)nc(C)n1.COc1cc(CS(=O)(=O)c2ccc(-n3c(C)cc(C(=O)CN4CCCC4)c3C)cc2)nc(C)n1.COc1cc(NS(=O)(=O)c2ccc(-n3c(C)cc(C(=O)CN4CCCCC4)c3C)cc2)nc(OC)n1.Cc1cc(C(=O)CN2CCCCC2)c(C)n1-c1ccc(S(C)(=O)=O)cc1. The molecule has 11 heterocycles. The normalized spacial score (nSPS) is 15.0. The van der Waals surface area contributed by atoms with Crippen molar-refractivity contribution >= 4 is 68.5 Å². The molecule has 0 radical (unpaired) electrons. The van der Waals surface area contributed by atoms with Gasteiger partial charge in [-0.25, -0.2) is 43.6 Å². The first kappa shape index (κ1) is 99.5. The van der Waals surface area contributed by atoms with E-state index in [2.05, 4.69) is 54.2 Å². The van der Waals surface area contributed by atoms with E-state index < -0.39 is 39.5 Å². The predicted molar refractivity (Wildman–Crippen MR) is 504 cm³/mol. The minimum atomic E-state index is -3.93. The Hall–Kier alpha value is -11.5. The molecule has 7 aromatic heterocycles. The Morgan fingerprint density at radius 2 is 0.644 bits per heavy atom. The van der Waals surface area contributed by atoms with Gasteiger partial charge in [0.05, 0.1) is 103 Å². The summed E-state index contributed by atoms with van der Waals surface area (Å²) in [4.78, 5) is 85.8. The van der Waals surface area contributed by atoms with Crippen LogP contribution in [-0.4, -0.2) is 249 Å². The molecule has 4 aliphatic rings. The van der Waals surface area contributed by atoms with E-state index in [1.165, 1.54) is 90.7 Å². The zero-order valence-electron chi connectivity index (χ0n) is 77.7. The van der Waals surface area contributed by atoms with Crippen molar-refractivity contribution in [1.82, 2.24) is 67.8 Å². The fourth-order valence-corrected chi connectivity index (χ4v) is 21.5. The number of benzene rings is 4. The number of Topliss-reactive ketones (excluding diaryl/α,β-unsaturated/α-hetero) is 4. The quantitative estimate of drug-likeness (QED) is 0.0395.